The molecule has 1 atom stereocenters. The maximum Gasteiger partial charge on any atom is 0.255 e. The molecule has 1 heterocycles. The first kappa shape index (κ1) is 15.6. The van der Waals surface area contributed by atoms with Crippen LogP contribution in [0.3, 0.4) is 0 Å². The number of likely N-dealkylation sites (tertiary alicyclic amines) is 1. The van der Waals surface area contributed by atoms with E-state index in [9.17, 15) is 9.90 Å². The zero-order chi connectivity index (χ0) is 15.2. The number of benzene rings is 1. The second kappa shape index (κ2) is 7.26. The fourth-order valence-corrected chi connectivity index (χ4v) is 2.61. The number of hydrogen-bond acceptors (Lipinski definition) is 3. The fourth-order valence-electron chi connectivity index (χ4n) is 2.61. The first-order chi connectivity index (χ1) is 10.2. The van der Waals surface area contributed by atoms with Crippen molar-refractivity contribution in [1.82, 2.24) is 4.90 Å². The maximum atomic E-state index is 12.7. The zero-order valence-electron chi connectivity index (χ0n) is 12.3. The van der Waals surface area contributed by atoms with Crippen molar-refractivity contribution in [2.45, 2.75) is 32.2 Å². The summed E-state index contributed by atoms with van der Waals surface area (Å²) in [7, 11) is 0. The molecule has 4 nitrogen and oxygen atoms in total. The van der Waals surface area contributed by atoms with Crippen LogP contribution in [0.2, 0.25) is 0 Å². The van der Waals surface area contributed by atoms with E-state index in [4.69, 9.17) is 5.11 Å². The standard InChI is InChI=1S/C17H21NO3/c1-13-7-8-16(14(11-13)5-2-3-10-19)17(21)18-9-4-6-15(18)12-20/h7-8,11,15,19-20H,3-4,6,9-10,12H2,1H3. The van der Waals surface area contributed by atoms with Gasteiger partial charge in [0.2, 0.25) is 0 Å². The number of rotatable bonds is 3. The minimum Gasteiger partial charge on any atom is -0.395 e. The topological polar surface area (TPSA) is 60.8 Å². The van der Waals surface area contributed by atoms with Crippen LogP contribution in [0.1, 0.15) is 40.7 Å². The number of aliphatic hydroxyl groups is 2. The second-order valence-corrected chi connectivity index (χ2v) is 5.30. The normalized spacial score (nSPS) is 17.5. The minimum atomic E-state index is -0.0861. The van der Waals surface area contributed by atoms with E-state index in [0.29, 0.717) is 24.1 Å². The van der Waals surface area contributed by atoms with E-state index in [-0.39, 0.29) is 25.2 Å². The number of aliphatic hydroxyl groups excluding tert-OH is 2. The molecule has 0 saturated carbocycles. The van der Waals surface area contributed by atoms with Gasteiger partial charge in [0.15, 0.2) is 0 Å². The molecule has 0 spiro atoms. The molecule has 1 amide bonds. The van der Waals surface area contributed by atoms with Crippen LogP contribution in [-0.4, -0.2) is 46.8 Å². The molecule has 1 aromatic carbocycles. The van der Waals surface area contributed by atoms with E-state index in [1.165, 1.54) is 0 Å². The van der Waals surface area contributed by atoms with Gasteiger partial charge in [0.1, 0.15) is 0 Å². The van der Waals surface area contributed by atoms with Crippen molar-refractivity contribution in [1.29, 1.82) is 0 Å². The Morgan fingerprint density at radius 3 is 2.95 bits per heavy atom. The molecule has 1 unspecified atom stereocenters. The van der Waals surface area contributed by atoms with Gasteiger partial charge in [0.05, 0.1) is 24.8 Å². The van der Waals surface area contributed by atoms with Crippen LogP contribution in [-0.2, 0) is 0 Å². The Hall–Kier alpha value is -1.83. The van der Waals surface area contributed by atoms with Crippen LogP contribution >= 0.6 is 0 Å². The SMILES string of the molecule is Cc1ccc(C(=O)N2CCCC2CO)c(C#CCCO)c1. The van der Waals surface area contributed by atoms with E-state index < -0.39 is 0 Å². The number of amides is 1. The largest absolute Gasteiger partial charge is 0.395 e. The summed E-state index contributed by atoms with van der Waals surface area (Å²) < 4.78 is 0. The highest BCUT2D eigenvalue weighted by atomic mass is 16.3. The lowest BCUT2D eigenvalue weighted by Crippen LogP contribution is -2.38. The molecule has 1 aliphatic rings. The highest BCUT2D eigenvalue weighted by molar-refractivity contribution is 5.97. The molecule has 0 aromatic heterocycles. The number of carbonyl (C=O) groups excluding carboxylic acids is 1. The van der Waals surface area contributed by atoms with Crippen molar-refractivity contribution >= 4 is 5.91 Å². The molecule has 112 valence electrons. The van der Waals surface area contributed by atoms with E-state index in [2.05, 4.69) is 11.8 Å². The molecule has 1 aromatic rings. The summed E-state index contributed by atoms with van der Waals surface area (Å²) in [5.74, 6) is 5.77. The molecule has 4 heteroatoms. The Morgan fingerprint density at radius 1 is 1.43 bits per heavy atom. The van der Waals surface area contributed by atoms with E-state index in [1.54, 1.807) is 11.0 Å². The van der Waals surface area contributed by atoms with Gasteiger partial charge in [0, 0.05) is 18.5 Å². The highest BCUT2D eigenvalue weighted by Gasteiger charge is 2.29. The van der Waals surface area contributed by atoms with Crippen molar-refractivity contribution in [3.63, 3.8) is 0 Å². The van der Waals surface area contributed by atoms with Crippen LogP contribution < -0.4 is 0 Å². The predicted molar refractivity (Wildman–Crippen MR) is 80.9 cm³/mol. The van der Waals surface area contributed by atoms with E-state index >= 15 is 0 Å². The van der Waals surface area contributed by atoms with Crippen LogP contribution in [0.15, 0.2) is 18.2 Å². The van der Waals surface area contributed by atoms with Crippen molar-refractivity contribution in [2.75, 3.05) is 19.8 Å². The molecular weight excluding hydrogens is 266 g/mol. The zero-order valence-corrected chi connectivity index (χ0v) is 12.3. The summed E-state index contributed by atoms with van der Waals surface area (Å²) >= 11 is 0. The number of carbonyl (C=O) groups is 1. The summed E-state index contributed by atoms with van der Waals surface area (Å²) in [5, 5.41) is 18.2. The summed E-state index contributed by atoms with van der Waals surface area (Å²) in [6.45, 7) is 2.66. The first-order valence-corrected chi connectivity index (χ1v) is 7.29. The smallest absolute Gasteiger partial charge is 0.255 e. The Kier molecular flexibility index (Phi) is 5.38. The van der Waals surface area contributed by atoms with Gasteiger partial charge < -0.3 is 15.1 Å². The van der Waals surface area contributed by atoms with Gasteiger partial charge >= 0.3 is 0 Å². The molecular formula is C17H21NO3. The van der Waals surface area contributed by atoms with Crippen molar-refractivity contribution in [3.05, 3.63) is 34.9 Å². The summed E-state index contributed by atoms with van der Waals surface area (Å²) in [6, 6.07) is 5.50. The Labute approximate surface area is 125 Å². The van der Waals surface area contributed by atoms with Gasteiger partial charge in [-0.1, -0.05) is 17.9 Å². The lowest BCUT2D eigenvalue weighted by molar-refractivity contribution is 0.0677. The molecule has 1 saturated heterocycles. The third-order valence-corrected chi connectivity index (χ3v) is 3.71. The summed E-state index contributed by atoms with van der Waals surface area (Å²) in [6.07, 6.45) is 2.17. The Balaban J connectivity index is 2.30. The molecule has 0 aliphatic carbocycles. The van der Waals surface area contributed by atoms with Gasteiger partial charge in [-0.2, -0.15) is 0 Å². The van der Waals surface area contributed by atoms with Crippen LogP contribution in [0.5, 0.6) is 0 Å². The predicted octanol–water partition coefficient (Wildman–Crippen LogP) is 1.33. The Morgan fingerprint density at radius 2 is 2.24 bits per heavy atom. The molecule has 2 N–H and O–H groups in total. The molecule has 1 fully saturated rings. The molecule has 0 bridgehead atoms. The van der Waals surface area contributed by atoms with Crippen molar-refractivity contribution in [2.24, 2.45) is 0 Å². The van der Waals surface area contributed by atoms with E-state index in [0.717, 1.165) is 18.4 Å². The number of nitrogens with zero attached hydrogens (tertiary/aromatic N) is 1. The van der Waals surface area contributed by atoms with Gasteiger partial charge in [-0.15, -0.1) is 0 Å². The number of aryl methyl sites for hydroxylation is 1. The van der Waals surface area contributed by atoms with Crippen LogP contribution in [0.4, 0.5) is 0 Å². The van der Waals surface area contributed by atoms with Crippen molar-refractivity contribution < 1.29 is 15.0 Å². The maximum absolute atomic E-state index is 12.7. The second-order valence-electron chi connectivity index (χ2n) is 5.30. The minimum absolute atomic E-state index is 0.00310. The fraction of sp³-hybridized carbons (Fsp3) is 0.471. The Bertz CT molecular complexity index is 571. The number of hydrogen-bond donors (Lipinski definition) is 2. The van der Waals surface area contributed by atoms with Crippen LogP contribution in [0, 0.1) is 18.8 Å². The van der Waals surface area contributed by atoms with E-state index in [1.807, 2.05) is 19.1 Å². The molecule has 21 heavy (non-hydrogen) atoms. The van der Waals surface area contributed by atoms with Gasteiger partial charge in [-0.25, -0.2) is 0 Å². The van der Waals surface area contributed by atoms with Gasteiger partial charge in [0.25, 0.3) is 5.91 Å². The summed E-state index contributed by atoms with van der Waals surface area (Å²) in [4.78, 5) is 14.4. The van der Waals surface area contributed by atoms with Crippen molar-refractivity contribution in [3.8, 4) is 11.8 Å². The molecule has 2 rings (SSSR count). The van der Waals surface area contributed by atoms with Crippen LogP contribution in [0.25, 0.3) is 0 Å². The van der Waals surface area contributed by atoms with Gasteiger partial charge in [-0.3, -0.25) is 4.79 Å². The lowest BCUT2D eigenvalue weighted by atomic mass is 10.0. The average molecular weight is 287 g/mol. The van der Waals surface area contributed by atoms with Gasteiger partial charge in [-0.05, 0) is 37.5 Å². The third-order valence-electron chi connectivity index (χ3n) is 3.71. The third kappa shape index (κ3) is 3.63. The monoisotopic (exact) mass is 287 g/mol. The first-order valence-electron chi connectivity index (χ1n) is 7.29. The quantitative estimate of drug-likeness (QED) is 0.824. The highest BCUT2D eigenvalue weighted by Crippen LogP contribution is 2.21. The summed E-state index contributed by atoms with van der Waals surface area (Å²) in [5.41, 5.74) is 2.31. The lowest BCUT2D eigenvalue weighted by Gasteiger charge is -2.23. The average Bonchev–Trinajstić information content (AvgIpc) is 2.95. The molecule has 0 radical (unpaired) electrons. The molecule has 1 aliphatic heterocycles.